The van der Waals surface area contributed by atoms with Crippen molar-refractivity contribution in [3.8, 4) is 0 Å². The van der Waals surface area contributed by atoms with E-state index >= 15 is 0 Å². The summed E-state index contributed by atoms with van der Waals surface area (Å²) in [5, 5.41) is 13.6. The van der Waals surface area contributed by atoms with Crippen molar-refractivity contribution >= 4 is 40.8 Å². The van der Waals surface area contributed by atoms with Crippen LogP contribution in [0.2, 0.25) is 0 Å². The summed E-state index contributed by atoms with van der Waals surface area (Å²) in [5.74, 6) is 0.959. The van der Waals surface area contributed by atoms with E-state index < -0.39 is 0 Å². The fraction of sp³-hybridized carbons (Fsp3) is 0.300. The molecule has 3 aromatic rings. The third-order valence-electron chi connectivity index (χ3n) is 4.78. The highest BCUT2D eigenvalue weighted by Crippen LogP contribution is 2.28. The number of rotatable bonds is 2. The first-order valence-electron chi connectivity index (χ1n) is 9.57. The van der Waals surface area contributed by atoms with Gasteiger partial charge in [-0.1, -0.05) is 0 Å². The molecule has 10 nitrogen and oxygen atoms in total. The van der Waals surface area contributed by atoms with Gasteiger partial charge in [0.1, 0.15) is 17.2 Å². The lowest BCUT2D eigenvalue weighted by Gasteiger charge is -2.18. The van der Waals surface area contributed by atoms with Crippen LogP contribution in [0.25, 0.3) is 5.65 Å². The number of aliphatic imine (C=N–C) groups is 1. The maximum atomic E-state index is 12.8. The Labute approximate surface area is 173 Å². The summed E-state index contributed by atoms with van der Waals surface area (Å²) < 4.78 is 7.39. The van der Waals surface area contributed by atoms with Crippen LogP contribution in [0.5, 0.6) is 0 Å². The molecule has 0 saturated heterocycles. The molecule has 1 aliphatic rings. The van der Waals surface area contributed by atoms with Gasteiger partial charge in [-0.3, -0.25) is 9.79 Å². The first-order chi connectivity index (χ1) is 14.5. The van der Waals surface area contributed by atoms with Gasteiger partial charge in [-0.2, -0.15) is 9.61 Å². The second-order valence-corrected chi connectivity index (χ2v) is 7.12. The van der Waals surface area contributed by atoms with Crippen LogP contribution in [0.1, 0.15) is 28.4 Å². The zero-order valence-electron chi connectivity index (χ0n) is 17.1. The number of carbonyl (C=O) groups excluding carboxylic acids is 1. The minimum atomic E-state index is -0.258. The zero-order valence-corrected chi connectivity index (χ0v) is 17.1. The number of anilines is 4. The van der Waals surface area contributed by atoms with Crippen molar-refractivity contribution in [2.45, 2.75) is 19.6 Å². The number of ether oxygens (including phenoxy) is 1. The lowest BCUT2D eigenvalue weighted by atomic mass is 10.1. The first kappa shape index (κ1) is 19.6. The Morgan fingerprint density at radius 2 is 2.23 bits per heavy atom. The van der Waals surface area contributed by atoms with E-state index in [1.165, 1.54) is 6.20 Å². The van der Waals surface area contributed by atoms with E-state index in [-0.39, 0.29) is 11.9 Å². The number of hydrogen-bond donors (Lipinski definition) is 4. The van der Waals surface area contributed by atoms with Crippen molar-refractivity contribution in [2.75, 3.05) is 37.1 Å². The standard InChI is InChI=1S/C20H24N8O2/c1-11-9-30-10-12-4-15(21)13(7-22-2)16(5-12)26-17-6-18(23-3)28-19(27-17)14(8-24-28)20(29)25-11/h4-8,11,23H,9-10,21H2,1-3H3,(H,25,29)(H,26,27). The quantitative estimate of drug-likeness (QED) is 0.376. The number of aromatic nitrogens is 3. The highest BCUT2D eigenvalue weighted by atomic mass is 16.5. The van der Waals surface area contributed by atoms with Gasteiger partial charge in [0.15, 0.2) is 5.65 Å². The van der Waals surface area contributed by atoms with Crippen LogP contribution >= 0.6 is 0 Å². The molecule has 3 heterocycles. The predicted octanol–water partition coefficient (Wildman–Crippen LogP) is 1.79. The van der Waals surface area contributed by atoms with Crippen LogP contribution in [0.4, 0.5) is 23.0 Å². The van der Waals surface area contributed by atoms with Crippen LogP contribution in [0.3, 0.4) is 0 Å². The molecule has 2 aromatic heterocycles. The van der Waals surface area contributed by atoms with Crippen LogP contribution in [-0.2, 0) is 11.3 Å². The molecule has 1 amide bonds. The molecule has 4 rings (SSSR count). The second kappa shape index (κ2) is 7.99. The third kappa shape index (κ3) is 3.64. The summed E-state index contributed by atoms with van der Waals surface area (Å²) in [6.07, 6.45) is 3.21. The van der Waals surface area contributed by atoms with Gasteiger partial charge in [0, 0.05) is 43.7 Å². The maximum Gasteiger partial charge on any atom is 0.257 e. The fourth-order valence-electron chi connectivity index (χ4n) is 3.40. The van der Waals surface area contributed by atoms with Crippen LogP contribution in [0.15, 0.2) is 29.4 Å². The summed E-state index contributed by atoms with van der Waals surface area (Å²) in [4.78, 5) is 21.5. The Morgan fingerprint density at radius 1 is 1.40 bits per heavy atom. The second-order valence-electron chi connectivity index (χ2n) is 7.12. The van der Waals surface area contributed by atoms with Crippen molar-refractivity contribution < 1.29 is 9.53 Å². The smallest absolute Gasteiger partial charge is 0.257 e. The van der Waals surface area contributed by atoms with E-state index in [1.54, 1.807) is 24.8 Å². The largest absolute Gasteiger partial charge is 0.398 e. The number of amides is 1. The highest BCUT2D eigenvalue weighted by Gasteiger charge is 2.20. The van der Waals surface area contributed by atoms with Crippen molar-refractivity contribution in [1.29, 1.82) is 0 Å². The monoisotopic (exact) mass is 408 g/mol. The van der Waals surface area contributed by atoms with Crippen molar-refractivity contribution in [1.82, 2.24) is 19.9 Å². The average molecular weight is 408 g/mol. The Bertz CT molecular complexity index is 1140. The normalized spacial score (nSPS) is 17.0. The Morgan fingerprint density at radius 3 is 3.00 bits per heavy atom. The van der Waals surface area contributed by atoms with Gasteiger partial charge in [0.2, 0.25) is 0 Å². The number of fused-ring (bicyclic) bond motifs is 3. The molecular formula is C20H24N8O2. The van der Waals surface area contributed by atoms with E-state index in [1.807, 2.05) is 25.1 Å². The van der Waals surface area contributed by atoms with Gasteiger partial charge >= 0.3 is 0 Å². The maximum absolute atomic E-state index is 12.8. The lowest BCUT2D eigenvalue weighted by Crippen LogP contribution is -2.35. The van der Waals surface area contributed by atoms with Crippen LogP contribution < -0.4 is 21.7 Å². The third-order valence-corrected chi connectivity index (χ3v) is 4.78. The number of carbonyl (C=O) groups is 1. The average Bonchev–Trinajstić information content (AvgIpc) is 3.13. The summed E-state index contributed by atoms with van der Waals surface area (Å²) in [5.41, 5.74) is 10.1. The molecular weight excluding hydrogens is 384 g/mol. The topological polar surface area (TPSA) is 131 Å². The molecule has 0 radical (unpaired) electrons. The zero-order chi connectivity index (χ0) is 21.3. The van der Waals surface area contributed by atoms with Crippen LogP contribution in [0, 0.1) is 0 Å². The molecule has 1 atom stereocenters. The van der Waals surface area contributed by atoms with Gasteiger partial charge in [-0.25, -0.2) is 4.98 Å². The summed E-state index contributed by atoms with van der Waals surface area (Å²) in [6.45, 7) is 2.59. The fourth-order valence-corrected chi connectivity index (χ4v) is 3.40. The van der Waals surface area contributed by atoms with E-state index in [9.17, 15) is 4.79 Å². The van der Waals surface area contributed by atoms with Crippen LogP contribution in [-0.4, -0.2) is 53.5 Å². The van der Waals surface area contributed by atoms with Crippen molar-refractivity contribution in [3.63, 3.8) is 0 Å². The SMILES string of the molecule is CN=Cc1c(N)cc2cc1Nc1cc(NC)n3ncc(c3n1)C(=O)NC(C)COC2. The molecule has 4 bridgehead atoms. The van der Waals surface area contributed by atoms with E-state index in [0.29, 0.717) is 41.7 Å². The molecule has 30 heavy (non-hydrogen) atoms. The molecule has 0 saturated carbocycles. The number of nitrogens with zero attached hydrogens (tertiary/aromatic N) is 4. The predicted molar refractivity (Wildman–Crippen MR) is 117 cm³/mol. The minimum absolute atomic E-state index is 0.191. The van der Waals surface area contributed by atoms with Gasteiger partial charge < -0.3 is 26.4 Å². The molecule has 1 aromatic carbocycles. The molecule has 1 unspecified atom stereocenters. The highest BCUT2D eigenvalue weighted by molar-refractivity contribution is 6.00. The van der Waals surface area contributed by atoms with Gasteiger partial charge in [-0.05, 0) is 24.6 Å². The van der Waals surface area contributed by atoms with E-state index in [4.69, 9.17) is 10.5 Å². The molecule has 5 N–H and O–H groups in total. The summed E-state index contributed by atoms with van der Waals surface area (Å²) >= 11 is 0. The summed E-state index contributed by atoms with van der Waals surface area (Å²) in [6, 6.07) is 5.44. The lowest BCUT2D eigenvalue weighted by molar-refractivity contribution is 0.0821. The molecule has 10 heteroatoms. The molecule has 1 aliphatic heterocycles. The number of nitrogens with one attached hydrogen (secondary N) is 3. The Kier molecular flexibility index (Phi) is 5.23. The van der Waals surface area contributed by atoms with E-state index in [0.717, 1.165) is 16.8 Å². The minimum Gasteiger partial charge on any atom is -0.398 e. The van der Waals surface area contributed by atoms with Gasteiger partial charge in [-0.15, -0.1) is 0 Å². The van der Waals surface area contributed by atoms with Gasteiger partial charge in [0.25, 0.3) is 5.91 Å². The first-order valence-corrected chi connectivity index (χ1v) is 9.57. The number of hydrogen-bond acceptors (Lipinski definition) is 8. The molecule has 0 fully saturated rings. The summed E-state index contributed by atoms with van der Waals surface area (Å²) in [7, 11) is 3.47. The molecule has 0 spiro atoms. The Hall–Kier alpha value is -3.66. The molecule has 0 aliphatic carbocycles. The van der Waals surface area contributed by atoms with Crippen molar-refractivity contribution in [2.24, 2.45) is 4.99 Å². The Balaban J connectivity index is 1.92. The number of nitrogen functional groups attached to an aromatic ring is 1. The number of nitrogens with two attached hydrogens (primary N) is 1. The van der Waals surface area contributed by atoms with Crippen molar-refractivity contribution in [3.05, 3.63) is 41.1 Å². The molecule has 156 valence electrons. The number of benzene rings is 1. The van der Waals surface area contributed by atoms with E-state index in [2.05, 4.69) is 31.0 Å². The van der Waals surface area contributed by atoms with Gasteiger partial charge in [0.05, 0.1) is 25.1 Å².